The van der Waals surface area contributed by atoms with E-state index in [1.807, 2.05) is 31.2 Å². The number of carbonyl (C=O) groups excluding carboxylic acids is 1. The van der Waals surface area contributed by atoms with Crippen molar-refractivity contribution in [3.05, 3.63) is 41.6 Å². The first-order chi connectivity index (χ1) is 12.8. The number of sulfonamides is 1. The van der Waals surface area contributed by atoms with Crippen molar-refractivity contribution in [2.45, 2.75) is 13.0 Å². The van der Waals surface area contributed by atoms with Crippen molar-refractivity contribution in [3.63, 3.8) is 0 Å². The number of aromatic amines is 1. The highest BCUT2D eigenvalue weighted by Crippen LogP contribution is 2.20. The fourth-order valence-corrected chi connectivity index (χ4v) is 4.07. The fraction of sp³-hybridized carbons (Fsp3) is 0.444. The van der Waals surface area contributed by atoms with Crippen molar-refractivity contribution in [1.82, 2.24) is 19.8 Å². The van der Waals surface area contributed by atoms with E-state index >= 15 is 0 Å². The molecular formula is C18H24N4O4S. The molecule has 8 nitrogen and oxygen atoms in total. The van der Waals surface area contributed by atoms with Crippen LogP contribution in [0.3, 0.4) is 0 Å². The van der Waals surface area contributed by atoms with Gasteiger partial charge in [0.15, 0.2) is 0 Å². The van der Waals surface area contributed by atoms with Gasteiger partial charge in [-0.05, 0) is 13.0 Å². The molecule has 1 aliphatic heterocycles. The van der Waals surface area contributed by atoms with Crippen molar-refractivity contribution in [3.8, 4) is 11.3 Å². The molecule has 1 aromatic heterocycles. The molecule has 2 N–H and O–H groups in total. The van der Waals surface area contributed by atoms with Crippen molar-refractivity contribution in [1.29, 1.82) is 0 Å². The lowest BCUT2D eigenvalue weighted by Crippen LogP contribution is -2.43. The summed E-state index contributed by atoms with van der Waals surface area (Å²) in [5.41, 5.74) is 3.06. The van der Waals surface area contributed by atoms with Crippen LogP contribution in [0.5, 0.6) is 0 Å². The highest BCUT2D eigenvalue weighted by molar-refractivity contribution is 7.89. The van der Waals surface area contributed by atoms with Crippen LogP contribution in [0.15, 0.2) is 30.3 Å². The minimum Gasteiger partial charge on any atom is -0.379 e. The second-order valence-corrected chi connectivity index (χ2v) is 9.20. The van der Waals surface area contributed by atoms with Gasteiger partial charge in [-0.1, -0.05) is 29.8 Å². The van der Waals surface area contributed by atoms with E-state index < -0.39 is 10.0 Å². The van der Waals surface area contributed by atoms with Crippen LogP contribution >= 0.6 is 0 Å². The van der Waals surface area contributed by atoms with Gasteiger partial charge in [-0.3, -0.25) is 9.89 Å². The summed E-state index contributed by atoms with van der Waals surface area (Å²) >= 11 is 0. The summed E-state index contributed by atoms with van der Waals surface area (Å²) in [6.07, 6.45) is 0. The summed E-state index contributed by atoms with van der Waals surface area (Å²) in [7, 11) is -0.377. The fourth-order valence-electron chi connectivity index (χ4n) is 2.90. The van der Waals surface area contributed by atoms with E-state index in [0.29, 0.717) is 18.0 Å². The Kier molecular flexibility index (Phi) is 5.64. The van der Waals surface area contributed by atoms with Gasteiger partial charge >= 0.3 is 0 Å². The molecule has 0 aliphatic carbocycles. The minimum atomic E-state index is -3.37. The molecule has 1 aromatic carbocycles. The van der Waals surface area contributed by atoms with Crippen LogP contribution < -0.4 is 5.32 Å². The first-order valence-electron chi connectivity index (χ1n) is 8.67. The van der Waals surface area contributed by atoms with E-state index in [4.69, 9.17) is 4.74 Å². The lowest BCUT2D eigenvalue weighted by molar-refractivity contribution is 0.0921. The van der Waals surface area contributed by atoms with E-state index in [2.05, 4.69) is 15.5 Å². The molecule has 3 rings (SSSR count). The molecular weight excluding hydrogens is 368 g/mol. The lowest BCUT2D eigenvalue weighted by atomic mass is 10.1. The van der Waals surface area contributed by atoms with Crippen molar-refractivity contribution >= 4 is 15.9 Å². The van der Waals surface area contributed by atoms with Crippen LogP contribution in [0.2, 0.25) is 0 Å². The average Bonchev–Trinajstić information content (AvgIpc) is 3.25. The Morgan fingerprint density at radius 1 is 1.30 bits per heavy atom. The standard InChI is InChI=1S/C18H24N4O4S/c1-12-4-6-13(7-5-12)15-8-16(21-20-15)18(23)19-17-10-26-9-14(17)11-27(24,25)22(2)3/h4-8,14,17H,9-11H2,1-3H3,(H,19,23)(H,20,21)/t14-,17-/m0/s1. The number of amides is 1. The van der Waals surface area contributed by atoms with Crippen molar-refractivity contribution in [2.24, 2.45) is 5.92 Å². The van der Waals surface area contributed by atoms with E-state index in [0.717, 1.165) is 11.1 Å². The summed E-state index contributed by atoms with van der Waals surface area (Å²) in [6, 6.07) is 9.17. The smallest absolute Gasteiger partial charge is 0.269 e. The zero-order valence-corrected chi connectivity index (χ0v) is 16.4. The van der Waals surface area contributed by atoms with Crippen LogP contribution in [0, 0.1) is 12.8 Å². The second kappa shape index (κ2) is 7.79. The molecule has 1 amide bonds. The maximum Gasteiger partial charge on any atom is 0.269 e. The number of hydrogen-bond acceptors (Lipinski definition) is 5. The minimum absolute atomic E-state index is 0.0669. The van der Waals surface area contributed by atoms with Gasteiger partial charge in [-0.25, -0.2) is 12.7 Å². The number of rotatable bonds is 6. The molecule has 1 saturated heterocycles. The molecule has 9 heteroatoms. The summed E-state index contributed by atoms with van der Waals surface area (Å²) in [6.45, 7) is 2.59. The Morgan fingerprint density at radius 3 is 2.67 bits per heavy atom. The van der Waals surface area contributed by atoms with Crippen LogP contribution in [0.1, 0.15) is 16.1 Å². The first kappa shape index (κ1) is 19.5. The van der Waals surface area contributed by atoms with Gasteiger partial charge in [0.2, 0.25) is 10.0 Å². The number of aromatic nitrogens is 2. The van der Waals surface area contributed by atoms with Gasteiger partial charge in [0, 0.05) is 25.6 Å². The lowest BCUT2D eigenvalue weighted by Gasteiger charge is -2.20. The third kappa shape index (κ3) is 4.55. The SMILES string of the molecule is Cc1ccc(-c2cc(C(=O)N[C@H]3COC[C@H]3CS(=O)(=O)N(C)C)[nH]n2)cc1. The average molecular weight is 392 g/mol. The predicted molar refractivity (Wildman–Crippen MR) is 102 cm³/mol. The van der Waals surface area contributed by atoms with Crippen LogP contribution in [0.4, 0.5) is 0 Å². The molecule has 0 saturated carbocycles. The van der Waals surface area contributed by atoms with Gasteiger partial charge in [0.05, 0.1) is 30.7 Å². The first-order valence-corrected chi connectivity index (χ1v) is 10.3. The van der Waals surface area contributed by atoms with E-state index in [1.54, 1.807) is 6.07 Å². The van der Waals surface area contributed by atoms with Crippen LogP contribution in [0.25, 0.3) is 11.3 Å². The summed E-state index contributed by atoms with van der Waals surface area (Å²) in [4.78, 5) is 12.5. The number of aryl methyl sites for hydroxylation is 1. The van der Waals surface area contributed by atoms with Crippen molar-refractivity contribution < 1.29 is 17.9 Å². The quantitative estimate of drug-likeness (QED) is 0.764. The predicted octanol–water partition coefficient (Wildman–Crippen LogP) is 1.02. The molecule has 27 heavy (non-hydrogen) atoms. The highest BCUT2D eigenvalue weighted by Gasteiger charge is 2.34. The Bertz CT molecular complexity index is 906. The zero-order chi connectivity index (χ0) is 19.6. The molecule has 0 bridgehead atoms. The molecule has 1 fully saturated rings. The number of H-pyrrole nitrogens is 1. The molecule has 2 atom stereocenters. The summed E-state index contributed by atoms with van der Waals surface area (Å²) in [5.74, 6) is -0.688. The molecule has 0 unspecified atom stereocenters. The monoisotopic (exact) mass is 392 g/mol. The number of nitrogens with zero attached hydrogens (tertiary/aromatic N) is 2. The largest absolute Gasteiger partial charge is 0.379 e. The van der Waals surface area contributed by atoms with Crippen LogP contribution in [-0.2, 0) is 14.8 Å². The molecule has 0 spiro atoms. The van der Waals surface area contributed by atoms with Gasteiger partial charge in [-0.15, -0.1) is 0 Å². The molecule has 1 aliphatic rings. The Hall–Kier alpha value is -2.23. The van der Waals surface area contributed by atoms with Gasteiger partial charge in [-0.2, -0.15) is 5.10 Å². The topological polar surface area (TPSA) is 104 Å². The Balaban J connectivity index is 1.67. The maximum atomic E-state index is 12.5. The molecule has 2 aromatic rings. The number of hydrogen-bond donors (Lipinski definition) is 2. The summed E-state index contributed by atoms with van der Waals surface area (Å²) < 4.78 is 30.8. The normalized spacial score (nSPS) is 20.1. The van der Waals surface area contributed by atoms with E-state index in [-0.39, 0.29) is 30.2 Å². The summed E-state index contributed by atoms with van der Waals surface area (Å²) in [5, 5.41) is 9.80. The zero-order valence-electron chi connectivity index (χ0n) is 15.6. The maximum absolute atomic E-state index is 12.5. The number of carbonyl (C=O) groups is 1. The molecule has 146 valence electrons. The number of nitrogens with one attached hydrogen (secondary N) is 2. The molecule has 0 radical (unpaired) electrons. The number of benzene rings is 1. The van der Waals surface area contributed by atoms with Crippen molar-refractivity contribution in [2.75, 3.05) is 33.1 Å². The van der Waals surface area contributed by atoms with Gasteiger partial charge < -0.3 is 10.1 Å². The number of ether oxygens (including phenoxy) is 1. The van der Waals surface area contributed by atoms with E-state index in [1.165, 1.54) is 18.4 Å². The highest BCUT2D eigenvalue weighted by atomic mass is 32.2. The molecule has 2 heterocycles. The van der Waals surface area contributed by atoms with Gasteiger partial charge in [0.25, 0.3) is 5.91 Å². The Labute approximate surface area is 159 Å². The second-order valence-electron chi connectivity index (χ2n) is 6.97. The van der Waals surface area contributed by atoms with E-state index in [9.17, 15) is 13.2 Å². The van der Waals surface area contributed by atoms with Gasteiger partial charge in [0.1, 0.15) is 5.69 Å². The third-order valence-electron chi connectivity index (χ3n) is 4.67. The third-order valence-corrected chi connectivity index (χ3v) is 6.63. The van der Waals surface area contributed by atoms with Crippen LogP contribution in [-0.4, -0.2) is 67.9 Å². The Morgan fingerprint density at radius 2 is 2.00 bits per heavy atom.